The number of anilines is 1. The molecule has 2 aromatic rings. The predicted octanol–water partition coefficient (Wildman–Crippen LogP) is 3.35. The van der Waals surface area contributed by atoms with Crippen LogP contribution in [0.2, 0.25) is 0 Å². The smallest absolute Gasteiger partial charge is 0.244 e. The Hall–Kier alpha value is -2.74. The summed E-state index contributed by atoms with van der Waals surface area (Å²) in [4.78, 5) is 13.0. The van der Waals surface area contributed by atoms with Gasteiger partial charge in [0.05, 0.1) is 32.2 Å². The van der Waals surface area contributed by atoms with Gasteiger partial charge in [-0.2, -0.15) is 0 Å². The van der Waals surface area contributed by atoms with E-state index in [1.54, 1.807) is 51.5 Å². The molecule has 30 heavy (non-hydrogen) atoms. The number of hydrogen-bond donors (Lipinski definition) is 1. The summed E-state index contributed by atoms with van der Waals surface area (Å²) in [6.07, 6.45) is 1.10. The first-order valence-corrected chi connectivity index (χ1v) is 11.4. The van der Waals surface area contributed by atoms with Crippen molar-refractivity contribution >= 4 is 21.6 Å². The van der Waals surface area contributed by atoms with Crippen LogP contribution in [0.15, 0.2) is 36.4 Å². The van der Waals surface area contributed by atoms with Crippen molar-refractivity contribution in [1.29, 1.82) is 0 Å². The number of ether oxygens (including phenoxy) is 2. The molecule has 8 heteroatoms. The highest BCUT2D eigenvalue weighted by Gasteiger charge is 2.30. The van der Waals surface area contributed by atoms with E-state index < -0.39 is 28.0 Å². The van der Waals surface area contributed by atoms with Crippen LogP contribution in [0, 0.1) is 13.8 Å². The van der Waals surface area contributed by atoms with Gasteiger partial charge in [-0.3, -0.25) is 9.10 Å². The summed E-state index contributed by atoms with van der Waals surface area (Å²) in [5.74, 6) is 0.815. The van der Waals surface area contributed by atoms with Crippen molar-refractivity contribution in [2.75, 3.05) is 24.8 Å². The fourth-order valence-corrected chi connectivity index (χ4v) is 4.63. The van der Waals surface area contributed by atoms with Gasteiger partial charge in [-0.15, -0.1) is 0 Å². The van der Waals surface area contributed by atoms with E-state index in [0.717, 1.165) is 27.3 Å². The van der Waals surface area contributed by atoms with E-state index in [4.69, 9.17) is 9.47 Å². The highest BCUT2D eigenvalue weighted by molar-refractivity contribution is 7.92. The lowest BCUT2D eigenvalue weighted by molar-refractivity contribution is -0.122. The van der Waals surface area contributed by atoms with Gasteiger partial charge >= 0.3 is 0 Å². The molecule has 2 rings (SSSR count). The van der Waals surface area contributed by atoms with E-state index in [1.165, 1.54) is 0 Å². The molecular weight excluding hydrogens is 404 g/mol. The van der Waals surface area contributed by atoms with E-state index >= 15 is 0 Å². The zero-order valence-corrected chi connectivity index (χ0v) is 19.3. The molecule has 0 saturated carbocycles. The van der Waals surface area contributed by atoms with Gasteiger partial charge in [0.15, 0.2) is 0 Å². The van der Waals surface area contributed by atoms with Crippen LogP contribution in [0.3, 0.4) is 0 Å². The van der Waals surface area contributed by atoms with Crippen LogP contribution in [-0.4, -0.2) is 40.8 Å². The lowest BCUT2D eigenvalue weighted by Gasteiger charge is -2.30. The Morgan fingerprint density at radius 2 is 1.60 bits per heavy atom. The van der Waals surface area contributed by atoms with Gasteiger partial charge in [-0.05, 0) is 69.2 Å². The highest BCUT2D eigenvalue weighted by Crippen LogP contribution is 2.30. The van der Waals surface area contributed by atoms with Gasteiger partial charge in [0.1, 0.15) is 17.5 Å². The maximum absolute atomic E-state index is 13.0. The molecule has 164 valence electrons. The average molecular weight is 435 g/mol. The zero-order chi connectivity index (χ0) is 22.6. The molecule has 0 saturated heterocycles. The first-order chi connectivity index (χ1) is 14.0. The molecule has 1 amide bonds. The van der Waals surface area contributed by atoms with Crippen LogP contribution in [0.5, 0.6) is 11.5 Å². The van der Waals surface area contributed by atoms with Crippen LogP contribution in [0.1, 0.15) is 36.6 Å². The maximum atomic E-state index is 13.0. The van der Waals surface area contributed by atoms with Gasteiger partial charge in [0.25, 0.3) is 0 Å². The maximum Gasteiger partial charge on any atom is 0.244 e. The van der Waals surface area contributed by atoms with Crippen molar-refractivity contribution in [3.05, 3.63) is 53.1 Å². The molecule has 0 radical (unpaired) electrons. The molecule has 0 aliphatic rings. The number of carbonyl (C=O) groups excluding carboxylic acids is 1. The Kier molecular flexibility index (Phi) is 7.36. The second kappa shape index (κ2) is 9.38. The minimum atomic E-state index is -3.69. The van der Waals surface area contributed by atoms with Crippen molar-refractivity contribution in [2.24, 2.45) is 0 Å². The number of nitrogens with zero attached hydrogens (tertiary/aromatic N) is 1. The quantitative estimate of drug-likeness (QED) is 0.689. The van der Waals surface area contributed by atoms with Crippen molar-refractivity contribution in [3.8, 4) is 11.5 Å². The van der Waals surface area contributed by atoms with Crippen LogP contribution in [0.25, 0.3) is 0 Å². The summed E-state index contributed by atoms with van der Waals surface area (Å²) in [5.41, 5.74) is 3.03. The number of benzene rings is 2. The second-order valence-electron chi connectivity index (χ2n) is 7.42. The first-order valence-electron chi connectivity index (χ1n) is 9.58. The summed E-state index contributed by atoms with van der Waals surface area (Å²) >= 11 is 0. The number of nitrogens with one attached hydrogen (secondary N) is 1. The molecule has 2 atom stereocenters. The van der Waals surface area contributed by atoms with Crippen molar-refractivity contribution < 1.29 is 22.7 Å². The predicted molar refractivity (Wildman–Crippen MR) is 119 cm³/mol. The molecule has 0 fully saturated rings. The number of methoxy groups -OCH3 is 2. The van der Waals surface area contributed by atoms with Crippen molar-refractivity contribution in [3.63, 3.8) is 0 Å². The number of hydrogen-bond acceptors (Lipinski definition) is 5. The average Bonchev–Trinajstić information content (AvgIpc) is 2.65. The molecule has 7 nitrogen and oxygen atoms in total. The summed E-state index contributed by atoms with van der Waals surface area (Å²) in [5, 5.41) is 2.89. The minimum absolute atomic E-state index is 0.419. The SMILES string of the molecule is COc1ccc(OC)c([C@@H](C)NC(=O)[C@@H](C)N(c2cc(C)cc(C)c2)S(C)(=O)=O)c1. The van der Waals surface area contributed by atoms with Crippen molar-refractivity contribution in [2.45, 2.75) is 39.8 Å². The van der Waals surface area contributed by atoms with Crippen LogP contribution in [0.4, 0.5) is 5.69 Å². The van der Waals surface area contributed by atoms with Gasteiger partial charge in [0, 0.05) is 5.56 Å². The van der Waals surface area contributed by atoms with Gasteiger partial charge < -0.3 is 14.8 Å². The molecule has 0 aliphatic carbocycles. The fraction of sp³-hybridized carbons (Fsp3) is 0.409. The standard InChI is InChI=1S/C22H30N2O5S/c1-14-10-15(2)12-18(11-14)24(30(7,26)27)17(4)22(25)23-16(3)20-13-19(28-5)8-9-21(20)29-6/h8-13,16-17H,1-7H3,(H,23,25)/t16-,17-/m1/s1. The number of carbonyl (C=O) groups is 1. The number of aryl methyl sites for hydroxylation is 2. The van der Waals surface area contributed by atoms with E-state index in [2.05, 4.69) is 5.32 Å². The Bertz CT molecular complexity index is 1000. The van der Waals surface area contributed by atoms with E-state index in [0.29, 0.717) is 17.2 Å². The topological polar surface area (TPSA) is 84.9 Å². The molecule has 0 heterocycles. The lowest BCUT2D eigenvalue weighted by atomic mass is 10.1. The van der Waals surface area contributed by atoms with Crippen LogP contribution >= 0.6 is 0 Å². The Morgan fingerprint density at radius 3 is 2.10 bits per heavy atom. The number of amides is 1. The summed E-state index contributed by atoms with van der Waals surface area (Å²) in [6.45, 7) is 7.16. The molecule has 0 bridgehead atoms. The van der Waals surface area contributed by atoms with E-state index in [1.807, 2.05) is 26.8 Å². The molecule has 0 unspecified atom stereocenters. The normalized spacial score (nSPS) is 13.3. The lowest BCUT2D eigenvalue weighted by Crippen LogP contribution is -2.48. The Morgan fingerprint density at radius 1 is 1.00 bits per heavy atom. The zero-order valence-electron chi connectivity index (χ0n) is 18.5. The molecule has 0 aliphatic heterocycles. The van der Waals surface area contributed by atoms with Gasteiger partial charge in [0.2, 0.25) is 15.9 Å². The summed E-state index contributed by atoms with van der Waals surface area (Å²) < 4.78 is 36.9. The highest BCUT2D eigenvalue weighted by atomic mass is 32.2. The third-order valence-electron chi connectivity index (χ3n) is 4.81. The molecule has 0 spiro atoms. The monoisotopic (exact) mass is 434 g/mol. The fourth-order valence-electron chi connectivity index (χ4n) is 3.48. The largest absolute Gasteiger partial charge is 0.497 e. The van der Waals surface area contributed by atoms with E-state index in [9.17, 15) is 13.2 Å². The number of sulfonamides is 1. The first kappa shape index (κ1) is 23.5. The van der Waals surface area contributed by atoms with Gasteiger partial charge in [-0.25, -0.2) is 8.42 Å². The molecule has 0 aromatic heterocycles. The third kappa shape index (κ3) is 5.44. The van der Waals surface area contributed by atoms with Crippen LogP contribution < -0.4 is 19.1 Å². The Labute approximate surface area is 179 Å². The summed E-state index contributed by atoms with van der Waals surface area (Å²) in [6, 6.07) is 9.41. The number of rotatable bonds is 8. The van der Waals surface area contributed by atoms with Crippen LogP contribution in [-0.2, 0) is 14.8 Å². The Balaban J connectivity index is 2.34. The van der Waals surface area contributed by atoms with Crippen molar-refractivity contribution in [1.82, 2.24) is 5.32 Å². The summed E-state index contributed by atoms with van der Waals surface area (Å²) in [7, 11) is -0.582. The minimum Gasteiger partial charge on any atom is -0.497 e. The molecular formula is C22H30N2O5S. The molecule has 1 N–H and O–H groups in total. The second-order valence-corrected chi connectivity index (χ2v) is 9.28. The van der Waals surface area contributed by atoms with Gasteiger partial charge in [-0.1, -0.05) is 6.07 Å². The molecule has 2 aromatic carbocycles. The van der Waals surface area contributed by atoms with E-state index in [-0.39, 0.29) is 0 Å². The third-order valence-corrected chi connectivity index (χ3v) is 6.05.